The summed E-state index contributed by atoms with van der Waals surface area (Å²) in [6.07, 6.45) is 3.53. The number of carbonyl (C=O) groups excluding carboxylic acids is 2. The van der Waals surface area contributed by atoms with E-state index in [2.05, 4.69) is 0 Å². The Labute approximate surface area is 164 Å². The van der Waals surface area contributed by atoms with Crippen molar-refractivity contribution in [2.45, 2.75) is 13.0 Å². The maximum absolute atomic E-state index is 13.4. The average molecular weight is 382 g/mol. The van der Waals surface area contributed by atoms with Gasteiger partial charge in [0.05, 0.1) is 7.11 Å². The van der Waals surface area contributed by atoms with Gasteiger partial charge in [-0.1, -0.05) is 24.3 Å². The van der Waals surface area contributed by atoms with E-state index in [0.29, 0.717) is 26.2 Å². The summed E-state index contributed by atoms with van der Waals surface area (Å²) in [7, 11) is 1.60. The molecule has 0 radical (unpaired) electrons. The largest absolute Gasteiger partial charge is 0.497 e. The number of benzene rings is 2. The number of amides is 2. The summed E-state index contributed by atoms with van der Waals surface area (Å²) in [5, 5.41) is 0. The van der Waals surface area contributed by atoms with Gasteiger partial charge < -0.3 is 14.5 Å². The second-order valence-corrected chi connectivity index (χ2v) is 6.63. The van der Waals surface area contributed by atoms with Gasteiger partial charge >= 0.3 is 0 Å². The Morgan fingerprint density at radius 3 is 2.64 bits per heavy atom. The van der Waals surface area contributed by atoms with Crippen molar-refractivity contribution < 1.29 is 18.7 Å². The van der Waals surface area contributed by atoms with Crippen LogP contribution in [0.25, 0.3) is 6.08 Å². The Morgan fingerprint density at radius 1 is 1.14 bits per heavy atom. The lowest BCUT2D eigenvalue weighted by Crippen LogP contribution is -2.34. The zero-order valence-electron chi connectivity index (χ0n) is 15.8. The zero-order valence-corrected chi connectivity index (χ0v) is 15.8. The SMILES string of the molecule is COc1ccc(/C=C/C(=O)N2CCC(=O)N(Cc3cccc(F)c3)CC2)cc1. The summed E-state index contributed by atoms with van der Waals surface area (Å²) in [5.74, 6) is 0.281. The fourth-order valence-electron chi connectivity index (χ4n) is 3.10. The van der Waals surface area contributed by atoms with Gasteiger partial charge in [0, 0.05) is 38.7 Å². The topological polar surface area (TPSA) is 49.9 Å². The third-order valence-corrected chi connectivity index (χ3v) is 4.70. The van der Waals surface area contributed by atoms with Crippen molar-refractivity contribution >= 4 is 17.9 Å². The quantitative estimate of drug-likeness (QED) is 0.747. The Bertz CT molecular complexity index is 864. The normalized spacial score (nSPS) is 15.0. The van der Waals surface area contributed by atoms with Crippen molar-refractivity contribution in [1.29, 1.82) is 0 Å². The highest BCUT2D eigenvalue weighted by molar-refractivity contribution is 5.92. The maximum Gasteiger partial charge on any atom is 0.246 e. The van der Waals surface area contributed by atoms with Gasteiger partial charge in [-0.05, 0) is 41.5 Å². The number of hydrogen-bond acceptors (Lipinski definition) is 3. The minimum Gasteiger partial charge on any atom is -0.497 e. The summed E-state index contributed by atoms with van der Waals surface area (Å²) in [6.45, 7) is 1.61. The monoisotopic (exact) mass is 382 g/mol. The van der Waals surface area contributed by atoms with Gasteiger partial charge in [-0.25, -0.2) is 4.39 Å². The molecule has 146 valence electrons. The third kappa shape index (κ3) is 5.19. The summed E-state index contributed by atoms with van der Waals surface area (Å²) >= 11 is 0. The number of nitrogens with zero attached hydrogens (tertiary/aromatic N) is 2. The maximum atomic E-state index is 13.4. The van der Waals surface area contributed by atoms with Crippen LogP contribution < -0.4 is 4.74 Å². The molecule has 1 fully saturated rings. The van der Waals surface area contributed by atoms with Crippen molar-refractivity contribution in [3.63, 3.8) is 0 Å². The molecule has 3 rings (SSSR count). The van der Waals surface area contributed by atoms with E-state index in [-0.39, 0.29) is 24.1 Å². The first-order chi connectivity index (χ1) is 13.5. The first-order valence-corrected chi connectivity index (χ1v) is 9.18. The van der Waals surface area contributed by atoms with Crippen LogP contribution in [0.3, 0.4) is 0 Å². The van der Waals surface area contributed by atoms with Crippen molar-refractivity contribution in [1.82, 2.24) is 9.80 Å². The molecule has 1 saturated heterocycles. The van der Waals surface area contributed by atoms with Gasteiger partial charge in [0.25, 0.3) is 0 Å². The standard InChI is InChI=1S/C22H23FN2O3/c1-28-20-8-5-17(6-9-20)7-10-21(26)24-12-11-22(27)25(14-13-24)16-18-3-2-4-19(23)15-18/h2-10,15H,11-14,16H2,1H3/b10-7+. The van der Waals surface area contributed by atoms with Crippen LogP contribution in [-0.2, 0) is 16.1 Å². The van der Waals surface area contributed by atoms with Gasteiger partial charge in [-0.15, -0.1) is 0 Å². The third-order valence-electron chi connectivity index (χ3n) is 4.70. The van der Waals surface area contributed by atoms with E-state index in [1.807, 2.05) is 24.3 Å². The summed E-state index contributed by atoms with van der Waals surface area (Å²) in [5.41, 5.74) is 1.64. The van der Waals surface area contributed by atoms with Crippen LogP contribution in [0.2, 0.25) is 0 Å². The van der Waals surface area contributed by atoms with Crippen molar-refractivity contribution in [2.75, 3.05) is 26.7 Å². The van der Waals surface area contributed by atoms with Crippen molar-refractivity contribution in [3.8, 4) is 5.75 Å². The Balaban J connectivity index is 1.59. The minimum atomic E-state index is -0.319. The number of halogens is 1. The molecule has 0 atom stereocenters. The van der Waals surface area contributed by atoms with Crippen LogP contribution in [0.5, 0.6) is 5.75 Å². The fraction of sp³-hybridized carbons (Fsp3) is 0.273. The number of rotatable bonds is 5. The second-order valence-electron chi connectivity index (χ2n) is 6.63. The Hall–Kier alpha value is -3.15. The summed E-state index contributed by atoms with van der Waals surface area (Å²) in [4.78, 5) is 28.2. The van der Waals surface area contributed by atoms with Crippen LogP contribution in [0, 0.1) is 5.82 Å². The average Bonchev–Trinajstić information content (AvgIpc) is 2.88. The predicted octanol–water partition coefficient (Wildman–Crippen LogP) is 3.11. The first-order valence-electron chi connectivity index (χ1n) is 9.18. The number of hydrogen-bond donors (Lipinski definition) is 0. The van der Waals surface area contributed by atoms with Crippen LogP contribution >= 0.6 is 0 Å². The van der Waals surface area contributed by atoms with Gasteiger partial charge in [0.15, 0.2) is 0 Å². The van der Waals surface area contributed by atoms with Gasteiger partial charge in [-0.2, -0.15) is 0 Å². The van der Waals surface area contributed by atoms with E-state index >= 15 is 0 Å². The van der Waals surface area contributed by atoms with Crippen LogP contribution in [0.15, 0.2) is 54.6 Å². The fourth-order valence-corrected chi connectivity index (χ4v) is 3.10. The summed E-state index contributed by atoms with van der Waals surface area (Å²) < 4.78 is 18.5. The first kappa shape index (κ1) is 19.6. The van der Waals surface area contributed by atoms with E-state index in [1.54, 1.807) is 35.1 Å². The van der Waals surface area contributed by atoms with E-state index in [1.165, 1.54) is 18.2 Å². The Morgan fingerprint density at radius 2 is 1.93 bits per heavy atom. The molecule has 1 aliphatic heterocycles. The van der Waals surface area contributed by atoms with Crippen LogP contribution in [0.1, 0.15) is 17.5 Å². The molecule has 2 amide bonds. The lowest BCUT2D eigenvalue weighted by molar-refractivity contribution is -0.130. The van der Waals surface area contributed by atoms with Crippen molar-refractivity contribution in [3.05, 3.63) is 71.6 Å². The lowest BCUT2D eigenvalue weighted by Gasteiger charge is -2.21. The molecule has 5 nitrogen and oxygen atoms in total. The highest BCUT2D eigenvalue weighted by atomic mass is 19.1. The zero-order chi connectivity index (χ0) is 19.9. The minimum absolute atomic E-state index is 0.0290. The van der Waals surface area contributed by atoms with Gasteiger partial charge in [-0.3, -0.25) is 9.59 Å². The molecule has 0 unspecified atom stereocenters. The predicted molar refractivity (Wildman–Crippen MR) is 105 cm³/mol. The number of carbonyl (C=O) groups is 2. The van der Waals surface area contributed by atoms with E-state index in [9.17, 15) is 14.0 Å². The molecule has 0 saturated carbocycles. The molecule has 0 aromatic heterocycles. The Kier molecular flexibility index (Phi) is 6.42. The molecule has 0 spiro atoms. The molecule has 28 heavy (non-hydrogen) atoms. The van der Waals surface area contributed by atoms with Gasteiger partial charge in [0.1, 0.15) is 11.6 Å². The van der Waals surface area contributed by atoms with Gasteiger partial charge in [0.2, 0.25) is 11.8 Å². The molecule has 1 heterocycles. The molecule has 6 heteroatoms. The lowest BCUT2D eigenvalue weighted by atomic mass is 10.2. The molecule has 2 aromatic rings. The highest BCUT2D eigenvalue weighted by Gasteiger charge is 2.22. The van der Waals surface area contributed by atoms with E-state index in [4.69, 9.17) is 4.74 Å². The van der Waals surface area contributed by atoms with Crippen LogP contribution in [-0.4, -0.2) is 48.4 Å². The molecule has 0 aliphatic carbocycles. The molecular weight excluding hydrogens is 359 g/mol. The van der Waals surface area contributed by atoms with E-state index in [0.717, 1.165) is 16.9 Å². The molecular formula is C22H23FN2O3. The number of methoxy groups -OCH3 is 1. The van der Waals surface area contributed by atoms with Crippen molar-refractivity contribution in [2.24, 2.45) is 0 Å². The molecule has 0 N–H and O–H groups in total. The summed E-state index contributed by atoms with van der Waals surface area (Å²) in [6, 6.07) is 13.6. The smallest absolute Gasteiger partial charge is 0.246 e. The molecule has 2 aromatic carbocycles. The second kappa shape index (κ2) is 9.17. The van der Waals surface area contributed by atoms with E-state index < -0.39 is 0 Å². The molecule has 1 aliphatic rings. The highest BCUT2D eigenvalue weighted by Crippen LogP contribution is 2.14. The van der Waals surface area contributed by atoms with Crippen LogP contribution in [0.4, 0.5) is 4.39 Å². The number of ether oxygens (including phenoxy) is 1. The molecule has 0 bridgehead atoms.